The van der Waals surface area contributed by atoms with Gasteiger partial charge in [-0.3, -0.25) is 9.89 Å². The van der Waals surface area contributed by atoms with Crippen LogP contribution in [0.4, 0.5) is 5.69 Å². The number of anilines is 1. The molecule has 0 spiro atoms. The monoisotopic (exact) mass is 573 g/mol. The molecule has 226 valence electrons. The lowest BCUT2D eigenvalue weighted by Crippen LogP contribution is -2.52. The molecule has 5 aliphatic heterocycles. The van der Waals surface area contributed by atoms with Gasteiger partial charge in [-0.15, -0.1) is 0 Å². The zero-order chi connectivity index (χ0) is 29.2. The molecule has 0 saturated carbocycles. The molecule has 6 rings (SSSR count). The van der Waals surface area contributed by atoms with Gasteiger partial charge in [0.2, 0.25) is 0 Å². The van der Waals surface area contributed by atoms with Crippen LogP contribution in [0.1, 0.15) is 44.6 Å². The molecule has 0 aromatic heterocycles. The average Bonchev–Trinajstić information content (AvgIpc) is 3.14. The van der Waals surface area contributed by atoms with Crippen LogP contribution >= 0.6 is 0 Å². The van der Waals surface area contributed by atoms with Crippen molar-refractivity contribution in [2.24, 2.45) is 21.6 Å². The van der Waals surface area contributed by atoms with Gasteiger partial charge in [-0.1, -0.05) is 18.2 Å². The molecule has 9 heteroatoms. The number of piperazine rings is 1. The molecule has 5 heterocycles. The van der Waals surface area contributed by atoms with Crippen molar-refractivity contribution in [1.82, 2.24) is 15.1 Å². The highest BCUT2D eigenvalue weighted by molar-refractivity contribution is 6.45. The molecular formula is C33H47N7O2. The summed E-state index contributed by atoms with van der Waals surface area (Å²) in [6, 6.07) is 7.64. The van der Waals surface area contributed by atoms with Crippen LogP contribution in [0.3, 0.4) is 0 Å². The summed E-state index contributed by atoms with van der Waals surface area (Å²) in [5.74, 6) is 1.23. The first-order valence-electron chi connectivity index (χ1n) is 15.6. The Labute approximate surface area is 250 Å². The summed E-state index contributed by atoms with van der Waals surface area (Å²) in [7, 11) is 3.99. The van der Waals surface area contributed by atoms with Gasteiger partial charge in [0.25, 0.3) is 0 Å². The molecule has 3 N–H and O–H groups in total. The number of rotatable bonds is 6. The van der Waals surface area contributed by atoms with Gasteiger partial charge in [0.1, 0.15) is 11.6 Å². The Morgan fingerprint density at radius 1 is 1.05 bits per heavy atom. The summed E-state index contributed by atoms with van der Waals surface area (Å²) in [5, 5.41) is 3.75. The number of piperidine rings is 1. The van der Waals surface area contributed by atoms with Gasteiger partial charge >= 0.3 is 0 Å². The fourth-order valence-corrected chi connectivity index (χ4v) is 7.08. The second-order valence-corrected chi connectivity index (χ2v) is 12.4. The predicted octanol–water partition coefficient (Wildman–Crippen LogP) is 3.64. The van der Waals surface area contributed by atoms with Crippen LogP contribution in [0, 0.1) is 5.92 Å². The Balaban J connectivity index is 1.19. The molecule has 1 aromatic rings. The molecule has 42 heavy (non-hydrogen) atoms. The number of nitrogens with two attached hydrogens (primary N) is 1. The highest BCUT2D eigenvalue weighted by atomic mass is 16.5. The SMILES string of the molecule is C=C1CC(NC2CCOCC2)=C(C)N=C2C(N)=NC=C(c3ccc(N4CCC(N5CCN(C)CC5)CC4)c(OC)c3)C12. The zero-order valence-corrected chi connectivity index (χ0v) is 25.6. The summed E-state index contributed by atoms with van der Waals surface area (Å²) in [6.07, 6.45) is 6.99. The van der Waals surface area contributed by atoms with Crippen LogP contribution < -0.4 is 20.7 Å². The average molecular weight is 574 g/mol. The molecule has 3 fully saturated rings. The lowest BCUT2D eigenvalue weighted by molar-refractivity contribution is 0.0801. The quantitative estimate of drug-likeness (QED) is 0.502. The normalized spacial score (nSPS) is 25.4. The maximum Gasteiger partial charge on any atom is 0.146 e. The van der Waals surface area contributed by atoms with Crippen molar-refractivity contribution in [3.63, 3.8) is 0 Å². The number of aliphatic imine (C=N–C) groups is 2. The lowest BCUT2D eigenvalue weighted by atomic mass is 9.81. The van der Waals surface area contributed by atoms with Gasteiger partial charge in [-0.25, -0.2) is 4.99 Å². The smallest absolute Gasteiger partial charge is 0.146 e. The molecule has 3 saturated heterocycles. The van der Waals surface area contributed by atoms with Crippen molar-refractivity contribution in [1.29, 1.82) is 0 Å². The van der Waals surface area contributed by atoms with Gasteiger partial charge in [-0.2, -0.15) is 0 Å². The van der Waals surface area contributed by atoms with E-state index >= 15 is 0 Å². The van der Waals surface area contributed by atoms with Crippen LogP contribution in [-0.2, 0) is 4.74 Å². The second-order valence-electron chi connectivity index (χ2n) is 12.4. The third-order valence-corrected chi connectivity index (χ3v) is 9.70. The molecular weight excluding hydrogens is 526 g/mol. The van der Waals surface area contributed by atoms with E-state index in [4.69, 9.17) is 20.2 Å². The first kappa shape index (κ1) is 29.0. The summed E-state index contributed by atoms with van der Waals surface area (Å²) in [4.78, 5) is 17.2. The molecule has 0 aliphatic carbocycles. The van der Waals surface area contributed by atoms with Crippen molar-refractivity contribution < 1.29 is 9.47 Å². The summed E-state index contributed by atoms with van der Waals surface area (Å²) < 4.78 is 11.5. The minimum absolute atomic E-state index is 0.124. The standard InChI is InChI=1S/C33H47N7O2/c1-22-19-28(37-25-9-17-42-18-10-25)23(2)36-32-31(22)27(21-35-33(32)34)24-5-6-29(30(20-24)41-4)40-11-7-26(8-12-40)39-15-13-38(3)14-16-39/h5-6,20-21,25-26,31,37H,1,7-19H2,2-4H3,(H2,34,35). The lowest BCUT2D eigenvalue weighted by Gasteiger charge is -2.42. The maximum absolute atomic E-state index is 6.44. The number of methoxy groups -OCH3 is 1. The largest absolute Gasteiger partial charge is 0.495 e. The number of benzene rings is 1. The predicted molar refractivity (Wildman–Crippen MR) is 171 cm³/mol. The second kappa shape index (κ2) is 12.6. The van der Waals surface area contributed by atoms with Crippen LogP contribution in [0.15, 0.2) is 57.9 Å². The number of ether oxygens (including phenoxy) is 2. The van der Waals surface area contributed by atoms with Crippen molar-refractivity contribution >= 4 is 22.8 Å². The van der Waals surface area contributed by atoms with Gasteiger partial charge in [-0.05, 0) is 62.9 Å². The van der Waals surface area contributed by atoms with Crippen LogP contribution in [0.5, 0.6) is 5.75 Å². The van der Waals surface area contributed by atoms with E-state index in [0.717, 1.165) is 90.8 Å². The molecule has 0 amide bonds. The van der Waals surface area contributed by atoms with E-state index in [2.05, 4.69) is 63.8 Å². The molecule has 5 aliphatic rings. The van der Waals surface area contributed by atoms with Crippen molar-refractivity contribution in [3.8, 4) is 5.75 Å². The van der Waals surface area contributed by atoms with Crippen molar-refractivity contribution in [3.05, 3.63) is 53.5 Å². The Morgan fingerprint density at radius 3 is 2.50 bits per heavy atom. The van der Waals surface area contributed by atoms with Gasteiger partial charge in [0, 0.05) is 82.9 Å². The van der Waals surface area contributed by atoms with E-state index in [0.29, 0.717) is 17.9 Å². The van der Waals surface area contributed by atoms with Gasteiger partial charge in [0.15, 0.2) is 0 Å². The molecule has 9 nitrogen and oxygen atoms in total. The van der Waals surface area contributed by atoms with Crippen molar-refractivity contribution in [2.45, 2.75) is 51.1 Å². The van der Waals surface area contributed by atoms with Crippen LogP contribution in [0.25, 0.3) is 5.57 Å². The first-order valence-corrected chi connectivity index (χ1v) is 15.6. The number of hydrogen-bond donors (Lipinski definition) is 2. The number of allylic oxidation sites excluding steroid dienone is 3. The van der Waals surface area contributed by atoms with Crippen LogP contribution in [0.2, 0.25) is 0 Å². The fourth-order valence-electron chi connectivity index (χ4n) is 7.08. The highest BCUT2D eigenvalue weighted by Crippen LogP contribution is 2.41. The van der Waals surface area contributed by atoms with Crippen molar-refractivity contribution in [2.75, 3.05) is 71.5 Å². The molecule has 0 radical (unpaired) electrons. The Kier molecular flexibility index (Phi) is 8.70. The highest BCUT2D eigenvalue weighted by Gasteiger charge is 2.34. The van der Waals surface area contributed by atoms with Crippen LogP contribution in [-0.4, -0.2) is 100 Å². The molecule has 1 atom stereocenters. The van der Waals surface area contributed by atoms with E-state index in [-0.39, 0.29) is 5.92 Å². The zero-order valence-electron chi connectivity index (χ0n) is 25.6. The third kappa shape index (κ3) is 6.00. The minimum atomic E-state index is -0.124. The Morgan fingerprint density at radius 2 is 1.79 bits per heavy atom. The first-order chi connectivity index (χ1) is 20.4. The van der Waals surface area contributed by atoms with Gasteiger partial charge in [0.05, 0.1) is 30.1 Å². The topological polar surface area (TPSA) is 90.9 Å². The van der Waals surface area contributed by atoms with Gasteiger partial charge < -0.3 is 30.3 Å². The third-order valence-electron chi connectivity index (χ3n) is 9.70. The maximum atomic E-state index is 6.44. The summed E-state index contributed by atoms with van der Waals surface area (Å²) in [5.41, 5.74) is 13.6. The summed E-state index contributed by atoms with van der Waals surface area (Å²) >= 11 is 0. The fraction of sp³-hybridized carbons (Fsp3) is 0.576. The molecule has 1 aromatic carbocycles. The van der Waals surface area contributed by atoms with E-state index in [1.807, 2.05) is 6.20 Å². The van der Waals surface area contributed by atoms with E-state index < -0.39 is 0 Å². The molecule has 0 bridgehead atoms. The van der Waals surface area contributed by atoms with E-state index in [9.17, 15) is 0 Å². The number of amidine groups is 1. The van der Waals surface area contributed by atoms with E-state index in [1.165, 1.54) is 39.0 Å². The Hall–Kier alpha value is -3.14. The number of nitrogens with zero attached hydrogens (tertiary/aromatic N) is 5. The number of nitrogens with one attached hydrogen (secondary N) is 1. The Bertz CT molecular complexity index is 1290. The molecule has 1 unspecified atom stereocenters. The number of hydrogen-bond acceptors (Lipinski definition) is 9. The number of fused-ring (bicyclic) bond motifs is 1. The number of likely N-dealkylation sites (N-methyl/N-ethyl adjacent to an activating group) is 1. The van der Waals surface area contributed by atoms with E-state index in [1.54, 1.807) is 7.11 Å². The minimum Gasteiger partial charge on any atom is -0.495 e. The summed E-state index contributed by atoms with van der Waals surface area (Å²) in [6.45, 7) is 15.0.